The van der Waals surface area contributed by atoms with Crippen LogP contribution in [-0.2, 0) is 6.42 Å². The van der Waals surface area contributed by atoms with Gasteiger partial charge in [0.1, 0.15) is 5.82 Å². The number of halogens is 1. The van der Waals surface area contributed by atoms with Crippen molar-refractivity contribution >= 4 is 17.6 Å². The van der Waals surface area contributed by atoms with Crippen LogP contribution >= 0.6 is 0 Å². The third-order valence-corrected chi connectivity index (χ3v) is 2.83. The molecule has 90 valence electrons. The lowest BCUT2D eigenvalue weighted by Gasteiger charge is -2.09. The quantitative estimate of drug-likeness (QED) is 0.738. The highest BCUT2D eigenvalue weighted by atomic mass is 19.1. The smallest absolute Gasteiger partial charge is 0.409 e. The number of hydrogen-bond donors (Lipinski definition) is 2. The molecule has 0 atom stereocenters. The number of nitrogens with one attached hydrogen (secondary N) is 1. The minimum Gasteiger partial charge on any atom is -0.465 e. The van der Waals surface area contributed by atoms with Gasteiger partial charge >= 0.3 is 6.09 Å². The van der Waals surface area contributed by atoms with Crippen LogP contribution in [0.5, 0.6) is 0 Å². The predicted molar refractivity (Wildman–Crippen MR) is 59.9 cm³/mol. The van der Waals surface area contributed by atoms with E-state index in [0.717, 1.165) is 24.5 Å². The van der Waals surface area contributed by atoms with E-state index >= 15 is 0 Å². The Bertz CT molecular complexity index is 485. The van der Waals surface area contributed by atoms with Crippen LogP contribution in [0.2, 0.25) is 0 Å². The van der Waals surface area contributed by atoms with Crippen LogP contribution < -0.4 is 5.32 Å². The van der Waals surface area contributed by atoms with Crippen LogP contribution in [0.3, 0.4) is 0 Å². The summed E-state index contributed by atoms with van der Waals surface area (Å²) >= 11 is 0. The Kier molecular flexibility index (Phi) is 3.08. The van der Waals surface area contributed by atoms with Crippen LogP contribution in [0.25, 0.3) is 0 Å². The van der Waals surface area contributed by atoms with Crippen LogP contribution in [0.15, 0.2) is 12.1 Å². The lowest BCUT2D eigenvalue weighted by atomic mass is 10.0. The van der Waals surface area contributed by atoms with E-state index in [1.807, 2.05) is 5.32 Å². The molecular weight excluding hydrogens is 225 g/mol. The van der Waals surface area contributed by atoms with Crippen LogP contribution in [0.4, 0.5) is 14.9 Å². The Morgan fingerprint density at radius 3 is 2.71 bits per heavy atom. The summed E-state index contributed by atoms with van der Waals surface area (Å²) in [5.74, 6) is -0.778. The second-order valence-corrected chi connectivity index (χ2v) is 4.05. The number of anilines is 1. The molecule has 17 heavy (non-hydrogen) atoms. The van der Waals surface area contributed by atoms with Crippen molar-refractivity contribution in [3.05, 3.63) is 29.1 Å². The van der Waals surface area contributed by atoms with Gasteiger partial charge in [0.15, 0.2) is 5.78 Å². The Labute approximate surface area is 97.4 Å². The lowest BCUT2D eigenvalue weighted by Crippen LogP contribution is -2.11. The topological polar surface area (TPSA) is 66.4 Å². The number of amides is 1. The van der Waals surface area contributed by atoms with Gasteiger partial charge in [-0.3, -0.25) is 10.1 Å². The molecule has 1 aromatic rings. The molecule has 0 unspecified atom stereocenters. The Balaban J connectivity index is 2.44. The highest BCUT2D eigenvalue weighted by Gasteiger charge is 2.19. The molecule has 0 bridgehead atoms. The van der Waals surface area contributed by atoms with Gasteiger partial charge in [0, 0.05) is 12.0 Å². The third-order valence-electron chi connectivity index (χ3n) is 2.83. The van der Waals surface area contributed by atoms with E-state index in [1.165, 1.54) is 6.07 Å². The third kappa shape index (κ3) is 2.43. The standard InChI is InChI=1S/C12H12FNO3/c13-9-6-8-7(3-1-2-4-11(8)15)5-10(9)14-12(16)17/h5-6,14H,1-4H2,(H,16,17). The van der Waals surface area contributed by atoms with E-state index < -0.39 is 11.9 Å². The molecule has 0 aromatic heterocycles. The first-order valence-electron chi connectivity index (χ1n) is 5.43. The second-order valence-electron chi connectivity index (χ2n) is 4.05. The van der Waals surface area contributed by atoms with Crippen molar-refractivity contribution in [1.29, 1.82) is 0 Å². The van der Waals surface area contributed by atoms with E-state index in [1.54, 1.807) is 0 Å². The fourth-order valence-corrected chi connectivity index (χ4v) is 2.03. The molecular formula is C12H12FNO3. The van der Waals surface area contributed by atoms with Crippen molar-refractivity contribution in [2.24, 2.45) is 0 Å². The Morgan fingerprint density at radius 2 is 2.00 bits per heavy atom. The Morgan fingerprint density at radius 1 is 1.29 bits per heavy atom. The largest absolute Gasteiger partial charge is 0.465 e. The first-order chi connectivity index (χ1) is 8.08. The van der Waals surface area contributed by atoms with Gasteiger partial charge < -0.3 is 5.11 Å². The molecule has 0 aliphatic heterocycles. The van der Waals surface area contributed by atoms with Gasteiger partial charge in [0.05, 0.1) is 5.69 Å². The van der Waals surface area contributed by atoms with E-state index in [-0.39, 0.29) is 11.5 Å². The van der Waals surface area contributed by atoms with Gasteiger partial charge in [-0.2, -0.15) is 0 Å². The SMILES string of the molecule is O=C(O)Nc1cc2c(cc1F)C(=O)CCCC2. The summed E-state index contributed by atoms with van der Waals surface area (Å²) in [6, 6.07) is 2.55. The lowest BCUT2D eigenvalue weighted by molar-refractivity contribution is 0.0981. The van der Waals surface area contributed by atoms with Gasteiger partial charge in [-0.1, -0.05) is 0 Å². The summed E-state index contributed by atoms with van der Waals surface area (Å²) in [6.07, 6.45) is 1.44. The molecule has 2 rings (SSSR count). The van der Waals surface area contributed by atoms with Crippen molar-refractivity contribution in [3.8, 4) is 0 Å². The monoisotopic (exact) mass is 237 g/mol. The number of aryl methyl sites for hydroxylation is 1. The number of carbonyl (C=O) groups excluding carboxylic acids is 1. The number of fused-ring (bicyclic) bond motifs is 1. The highest BCUT2D eigenvalue weighted by molar-refractivity contribution is 5.98. The maximum absolute atomic E-state index is 13.6. The molecule has 4 nitrogen and oxygen atoms in total. The highest BCUT2D eigenvalue weighted by Crippen LogP contribution is 2.26. The molecule has 1 aliphatic carbocycles. The van der Waals surface area contributed by atoms with Crippen LogP contribution in [-0.4, -0.2) is 17.0 Å². The molecule has 1 amide bonds. The fourth-order valence-electron chi connectivity index (χ4n) is 2.03. The molecule has 0 saturated heterocycles. The fraction of sp³-hybridized carbons (Fsp3) is 0.333. The zero-order valence-corrected chi connectivity index (χ0v) is 9.12. The van der Waals surface area contributed by atoms with Crippen molar-refractivity contribution in [2.75, 3.05) is 5.32 Å². The minimum atomic E-state index is -1.32. The number of ketones is 1. The molecule has 1 aliphatic rings. The molecule has 0 radical (unpaired) electrons. The summed E-state index contributed by atoms with van der Waals surface area (Å²) in [5, 5.41) is 10.5. The van der Waals surface area contributed by atoms with Crippen LogP contribution in [0.1, 0.15) is 35.2 Å². The van der Waals surface area contributed by atoms with Gasteiger partial charge in [-0.05, 0) is 37.0 Å². The number of rotatable bonds is 1. The average molecular weight is 237 g/mol. The molecule has 0 spiro atoms. The first-order valence-corrected chi connectivity index (χ1v) is 5.43. The molecule has 2 N–H and O–H groups in total. The second kappa shape index (κ2) is 4.53. The maximum atomic E-state index is 13.6. The van der Waals surface area contributed by atoms with Gasteiger partial charge in [0.25, 0.3) is 0 Å². The zero-order chi connectivity index (χ0) is 12.4. The summed E-state index contributed by atoms with van der Waals surface area (Å²) < 4.78 is 13.6. The predicted octanol–water partition coefficient (Wildman–Crippen LogP) is 2.82. The first kappa shape index (κ1) is 11.6. The van der Waals surface area contributed by atoms with Gasteiger partial charge in [-0.25, -0.2) is 9.18 Å². The summed E-state index contributed by atoms with van der Waals surface area (Å²) in [5.41, 5.74) is 1.01. The number of carbonyl (C=O) groups is 2. The number of Topliss-reactive ketones (excluding diaryl/α,β-unsaturated/α-hetero) is 1. The van der Waals surface area contributed by atoms with E-state index in [4.69, 9.17) is 5.11 Å². The maximum Gasteiger partial charge on any atom is 0.409 e. The number of hydrogen-bond acceptors (Lipinski definition) is 2. The molecule has 1 aromatic carbocycles. The zero-order valence-electron chi connectivity index (χ0n) is 9.12. The molecule has 0 saturated carbocycles. The van der Waals surface area contributed by atoms with E-state index in [2.05, 4.69) is 0 Å². The van der Waals surface area contributed by atoms with E-state index in [0.29, 0.717) is 18.4 Å². The van der Waals surface area contributed by atoms with Gasteiger partial charge in [0.2, 0.25) is 0 Å². The minimum absolute atomic E-state index is 0.0710. The number of benzene rings is 1. The normalized spacial score (nSPS) is 15.0. The van der Waals surface area contributed by atoms with Crippen molar-refractivity contribution in [3.63, 3.8) is 0 Å². The molecule has 0 heterocycles. The van der Waals surface area contributed by atoms with Gasteiger partial charge in [-0.15, -0.1) is 0 Å². The molecule has 5 heteroatoms. The summed E-state index contributed by atoms with van der Waals surface area (Å²) in [7, 11) is 0. The average Bonchev–Trinajstić information content (AvgIpc) is 2.42. The summed E-state index contributed by atoms with van der Waals surface area (Å²) in [4.78, 5) is 22.2. The van der Waals surface area contributed by atoms with Crippen molar-refractivity contribution in [1.82, 2.24) is 0 Å². The van der Waals surface area contributed by atoms with Crippen molar-refractivity contribution < 1.29 is 19.1 Å². The molecule has 0 fully saturated rings. The Hall–Kier alpha value is -1.91. The summed E-state index contributed by atoms with van der Waals surface area (Å²) in [6.45, 7) is 0. The van der Waals surface area contributed by atoms with Crippen molar-refractivity contribution in [2.45, 2.75) is 25.7 Å². The van der Waals surface area contributed by atoms with E-state index in [9.17, 15) is 14.0 Å². The van der Waals surface area contributed by atoms with Crippen LogP contribution in [0, 0.1) is 5.82 Å². The number of carboxylic acid groups (broad SMARTS) is 1.